The number of benzene rings is 1. The van der Waals surface area contributed by atoms with Gasteiger partial charge in [-0.25, -0.2) is 0 Å². The second-order valence-electron chi connectivity index (χ2n) is 8.69. The average molecular weight is 391 g/mol. The number of para-hydroxylation sites is 1. The quantitative estimate of drug-likeness (QED) is 0.616. The molecule has 4 rings (SSSR count). The summed E-state index contributed by atoms with van der Waals surface area (Å²) in [4.78, 5) is 6.58. The molecular formula is C24H30N4O. The molecule has 152 valence electrons. The van der Waals surface area contributed by atoms with E-state index >= 15 is 0 Å². The third-order valence-corrected chi connectivity index (χ3v) is 6.38. The Kier molecular flexibility index (Phi) is 5.67. The summed E-state index contributed by atoms with van der Waals surface area (Å²) in [6, 6.07) is 19.0. The molecule has 2 aromatic heterocycles. The lowest BCUT2D eigenvalue weighted by Crippen LogP contribution is -2.57. The van der Waals surface area contributed by atoms with Gasteiger partial charge in [-0.1, -0.05) is 43.3 Å². The summed E-state index contributed by atoms with van der Waals surface area (Å²) in [7, 11) is 2.07. The highest BCUT2D eigenvalue weighted by Gasteiger charge is 2.47. The molecule has 1 saturated carbocycles. The van der Waals surface area contributed by atoms with Gasteiger partial charge in [0.2, 0.25) is 0 Å². The van der Waals surface area contributed by atoms with Crippen molar-refractivity contribution in [3.63, 3.8) is 0 Å². The average Bonchev–Trinajstić information content (AvgIpc) is 3.18. The summed E-state index contributed by atoms with van der Waals surface area (Å²) in [5.74, 6) is 1.52. The Labute approximate surface area is 173 Å². The van der Waals surface area contributed by atoms with Crippen LogP contribution in [-0.4, -0.2) is 23.2 Å². The summed E-state index contributed by atoms with van der Waals surface area (Å²) in [5, 5.41) is 8.01. The second-order valence-corrected chi connectivity index (χ2v) is 8.69. The van der Waals surface area contributed by atoms with Crippen LogP contribution < -0.4 is 10.2 Å². The number of anilines is 1. The highest BCUT2D eigenvalue weighted by Crippen LogP contribution is 2.47. The third-order valence-electron chi connectivity index (χ3n) is 6.38. The molecule has 0 unspecified atom stereocenters. The van der Waals surface area contributed by atoms with Gasteiger partial charge in [-0.15, -0.1) is 0 Å². The van der Waals surface area contributed by atoms with Crippen molar-refractivity contribution in [2.24, 2.45) is 11.3 Å². The standard InChI is InChI=1S/C24H30N4O/c1-24(2)18(14-23(24)26-16-19-9-7-8-12-25-19)13-20-15-22(29-27-20)17-28(3)21-10-5-4-6-11-21/h4-12,15,18,23,26H,13-14,16-17H2,1-3H3/t18-,23+/m1/s1. The lowest BCUT2D eigenvalue weighted by Gasteiger charge is -2.52. The molecular weight excluding hydrogens is 360 g/mol. The smallest absolute Gasteiger partial charge is 0.156 e. The molecule has 1 aliphatic carbocycles. The van der Waals surface area contributed by atoms with E-state index in [4.69, 9.17) is 4.52 Å². The predicted octanol–water partition coefficient (Wildman–Crippen LogP) is 4.45. The summed E-state index contributed by atoms with van der Waals surface area (Å²) in [6.07, 6.45) is 3.97. The van der Waals surface area contributed by atoms with Crippen LogP contribution in [0.25, 0.3) is 0 Å². The van der Waals surface area contributed by atoms with E-state index in [9.17, 15) is 0 Å². The maximum atomic E-state index is 5.61. The summed E-state index contributed by atoms with van der Waals surface area (Å²) in [5.41, 5.74) is 3.56. The zero-order valence-electron chi connectivity index (χ0n) is 17.5. The number of nitrogens with one attached hydrogen (secondary N) is 1. The highest BCUT2D eigenvalue weighted by atomic mass is 16.5. The number of hydrogen-bond acceptors (Lipinski definition) is 5. The Morgan fingerprint density at radius 1 is 1.10 bits per heavy atom. The van der Waals surface area contributed by atoms with E-state index in [2.05, 4.69) is 77.7 Å². The molecule has 29 heavy (non-hydrogen) atoms. The van der Waals surface area contributed by atoms with Gasteiger partial charge in [-0.05, 0) is 48.4 Å². The summed E-state index contributed by atoms with van der Waals surface area (Å²) >= 11 is 0. The minimum Gasteiger partial charge on any atom is -0.367 e. The van der Waals surface area contributed by atoms with E-state index in [1.807, 2.05) is 24.4 Å². The van der Waals surface area contributed by atoms with Gasteiger partial charge in [-0.2, -0.15) is 0 Å². The molecule has 0 bridgehead atoms. The Morgan fingerprint density at radius 2 is 1.90 bits per heavy atom. The van der Waals surface area contributed by atoms with Crippen molar-refractivity contribution in [2.75, 3.05) is 11.9 Å². The minimum absolute atomic E-state index is 0.231. The lowest BCUT2D eigenvalue weighted by atomic mass is 9.57. The monoisotopic (exact) mass is 390 g/mol. The first kappa shape index (κ1) is 19.6. The van der Waals surface area contributed by atoms with Crippen LogP contribution in [0.4, 0.5) is 5.69 Å². The van der Waals surface area contributed by atoms with E-state index in [-0.39, 0.29) is 5.41 Å². The van der Waals surface area contributed by atoms with Crippen molar-refractivity contribution in [1.29, 1.82) is 0 Å². The number of hydrogen-bond donors (Lipinski definition) is 1. The third kappa shape index (κ3) is 4.51. The van der Waals surface area contributed by atoms with Crippen LogP contribution in [0.1, 0.15) is 37.4 Å². The molecule has 2 heterocycles. The van der Waals surface area contributed by atoms with E-state index in [1.54, 1.807) is 0 Å². The van der Waals surface area contributed by atoms with Gasteiger partial charge in [0.25, 0.3) is 0 Å². The molecule has 3 aromatic rings. The fourth-order valence-corrected chi connectivity index (χ4v) is 4.23. The number of pyridine rings is 1. The zero-order valence-corrected chi connectivity index (χ0v) is 17.5. The lowest BCUT2D eigenvalue weighted by molar-refractivity contribution is 0.0123. The van der Waals surface area contributed by atoms with Crippen molar-refractivity contribution in [2.45, 2.75) is 45.8 Å². The topological polar surface area (TPSA) is 54.2 Å². The van der Waals surface area contributed by atoms with Crippen LogP contribution in [0, 0.1) is 11.3 Å². The molecule has 0 amide bonds. The normalized spacial score (nSPS) is 20.2. The van der Waals surface area contributed by atoms with Crippen LogP contribution >= 0.6 is 0 Å². The largest absolute Gasteiger partial charge is 0.367 e. The number of rotatable bonds is 8. The van der Waals surface area contributed by atoms with Crippen LogP contribution in [0.15, 0.2) is 65.3 Å². The van der Waals surface area contributed by atoms with Gasteiger partial charge >= 0.3 is 0 Å². The summed E-state index contributed by atoms with van der Waals surface area (Å²) in [6.45, 7) is 6.24. The highest BCUT2D eigenvalue weighted by molar-refractivity contribution is 5.45. The fourth-order valence-electron chi connectivity index (χ4n) is 4.23. The summed E-state index contributed by atoms with van der Waals surface area (Å²) < 4.78 is 5.61. The van der Waals surface area contributed by atoms with E-state index in [0.29, 0.717) is 12.0 Å². The van der Waals surface area contributed by atoms with Gasteiger partial charge in [0.05, 0.1) is 17.9 Å². The minimum atomic E-state index is 0.231. The molecule has 5 heteroatoms. The predicted molar refractivity (Wildman–Crippen MR) is 116 cm³/mol. The first-order valence-electron chi connectivity index (χ1n) is 10.4. The molecule has 5 nitrogen and oxygen atoms in total. The van der Waals surface area contributed by atoms with Crippen molar-refractivity contribution in [1.82, 2.24) is 15.5 Å². The Morgan fingerprint density at radius 3 is 2.62 bits per heavy atom. The van der Waals surface area contributed by atoms with Gasteiger partial charge in [0.1, 0.15) is 0 Å². The van der Waals surface area contributed by atoms with Gasteiger partial charge < -0.3 is 14.7 Å². The first-order valence-corrected chi connectivity index (χ1v) is 10.4. The first-order chi connectivity index (χ1) is 14.0. The molecule has 0 spiro atoms. The molecule has 0 aliphatic heterocycles. The van der Waals surface area contributed by atoms with Crippen molar-refractivity contribution >= 4 is 5.69 Å². The maximum Gasteiger partial charge on any atom is 0.156 e. The Hall–Kier alpha value is -2.66. The number of aromatic nitrogens is 2. The number of nitrogens with zero attached hydrogens (tertiary/aromatic N) is 3. The van der Waals surface area contributed by atoms with Crippen LogP contribution in [-0.2, 0) is 19.5 Å². The Balaban J connectivity index is 1.29. The van der Waals surface area contributed by atoms with E-state index in [0.717, 1.165) is 43.1 Å². The van der Waals surface area contributed by atoms with Crippen LogP contribution in [0.2, 0.25) is 0 Å². The van der Waals surface area contributed by atoms with E-state index in [1.165, 1.54) is 5.69 Å². The molecule has 0 saturated heterocycles. The van der Waals surface area contributed by atoms with Crippen molar-refractivity contribution in [3.05, 3.63) is 77.9 Å². The van der Waals surface area contributed by atoms with Crippen molar-refractivity contribution < 1.29 is 4.52 Å². The molecule has 1 fully saturated rings. The molecule has 0 radical (unpaired) electrons. The Bertz CT molecular complexity index is 907. The van der Waals surface area contributed by atoms with Gasteiger partial charge in [0.15, 0.2) is 5.76 Å². The molecule has 2 atom stereocenters. The van der Waals surface area contributed by atoms with Gasteiger partial charge in [0, 0.05) is 37.6 Å². The maximum absolute atomic E-state index is 5.61. The van der Waals surface area contributed by atoms with Crippen molar-refractivity contribution in [3.8, 4) is 0 Å². The van der Waals surface area contributed by atoms with E-state index < -0.39 is 0 Å². The zero-order chi connectivity index (χ0) is 20.3. The van der Waals surface area contributed by atoms with Crippen LogP contribution in [0.5, 0.6) is 0 Å². The molecule has 1 N–H and O–H groups in total. The van der Waals surface area contributed by atoms with Crippen LogP contribution in [0.3, 0.4) is 0 Å². The van der Waals surface area contributed by atoms with Gasteiger partial charge in [-0.3, -0.25) is 4.98 Å². The second kappa shape index (κ2) is 8.37. The molecule has 1 aliphatic rings. The SMILES string of the molecule is CN(Cc1cc(C[C@@H]2C[C@H](NCc3ccccn3)C2(C)C)no1)c1ccccc1. The molecule has 1 aromatic carbocycles. The fraction of sp³-hybridized carbons (Fsp3) is 0.417.